The van der Waals surface area contributed by atoms with Crippen LogP contribution in [0.5, 0.6) is 5.75 Å². The molecule has 51 heavy (non-hydrogen) atoms. The van der Waals surface area contributed by atoms with Crippen molar-refractivity contribution in [3.63, 3.8) is 0 Å². The number of likely N-dealkylation sites (tertiary alicyclic amines) is 1. The first-order chi connectivity index (χ1) is 23.8. The molecule has 2 aromatic rings. The number of carbonyl (C=O) groups is 2. The molecule has 2 amide bonds. The lowest BCUT2D eigenvalue weighted by molar-refractivity contribution is -0.284. The molecule has 17 heteroatoms. The number of amides is 2. The van der Waals surface area contributed by atoms with Crippen LogP contribution in [0.4, 0.5) is 26.3 Å². The predicted octanol–water partition coefficient (Wildman–Crippen LogP) is 5.11. The number of piperidine rings is 2. The molecule has 0 atom stereocenters. The van der Waals surface area contributed by atoms with E-state index >= 15 is 0 Å². The molecule has 2 N–H and O–H groups in total. The number of halogens is 6. The summed E-state index contributed by atoms with van der Waals surface area (Å²) in [5.41, 5.74) is 1.44. The number of aliphatic imine (C=N–C) groups is 1. The topological polar surface area (TPSA) is 129 Å². The van der Waals surface area contributed by atoms with Gasteiger partial charge < -0.3 is 20.1 Å². The van der Waals surface area contributed by atoms with Crippen LogP contribution in [0.1, 0.15) is 71.1 Å². The first-order valence-corrected chi connectivity index (χ1v) is 17.9. The van der Waals surface area contributed by atoms with Crippen molar-refractivity contribution in [2.75, 3.05) is 32.8 Å². The number of aliphatic hydroxyl groups excluding tert-OH is 1. The lowest BCUT2D eigenvalue weighted by Gasteiger charge is -2.34. The first-order valence-electron chi connectivity index (χ1n) is 16.4. The molecule has 0 bridgehead atoms. The third-order valence-electron chi connectivity index (χ3n) is 9.40. The normalized spacial score (nSPS) is 19.1. The van der Waals surface area contributed by atoms with Gasteiger partial charge in [0.2, 0.25) is 10.0 Å². The average Bonchev–Trinajstić information content (AvgIpc) is 3.37. The summed E-state index contributed by atoms with van der Waals surface area (Å²) in [6.07, 6.45) is -5.79. The maximum Gasteiger partial charge on any atom is 0.453 e. The van der Waals surface area contributed by atoms with Crippen molar-refractivity contribution < 1.29 is 54.2 Å². The Morgan fingerprint density at radius 2 is 1.69 bits per heavy atom. The smallest absolute Gasteiger partial charge is 0.453 e. The molecule has 3 aliphatic rings. The minimum atomic E-state index is -5.71. The van der Waals surface area contributed by atoms with Crippen LogP contribution in [0.2, 0.25) is 0 Å². The van der Waals surface area contributed by atoms with E-state index in [4.69, 9.17) is 4.74 Å². The van der Waals surface area contributed by atoms with Crippen LogP contribution in [0.15, 0.2) is 40.7 Å². The number of aliphatic hydroxyl groups is 1. The van der Waals surface area contributed by atoms with Gasteiger partial charge in [0.15, 0.2) is 11.6 Å². The van der Waals surface area contributed by atoms with E-state index < -0.39 is 70.7 Å². The molecule has 5 rings (SSSR count). The second-order valence-electron chi connectivity index (χ2n) is 13.0. The van der Waals surface area contributed by atoms with E-state index in [1.807, 2.05) is 0 Å². The molecule has 0 unspecified atom stereocenters. The van der Waals surface area contributed by atoms with E-state index in [2.05, 4.69) is 10.3 Å². The minimum Gasteiger partial charge on any atom is -0.490 e. The zero-order valence-electron chi connectivity index (χ0n) is 27.9. The number of rotatable bonds is 10. The summed E-state index contributed by atoms with van der Waals surface area (Å²) in [4.78, 5) is 32.3. The van der Waals surface area contributed by atoms with Crippen LogP contribution in [0.25, 0.3) is 6.08 Å². The van der Waals surface area contributed by atoms with Gasteiger partial charge in [-0.2, -0.15) is 26.3 Å². The monoisotopic (exact) mass is 744 g/mol. The van der Waals surface area contributed by atoms with Crippen LogP contribution < -0.4 is 10.1 Å². The van der Waals surface area contributed by atoms with Gasteiger partial charge in [-0.25, -0.2) is 12.8 Å². The first kappa shape index (κ1) is 38.3. The zero-order valence-corrected chi connectivity index (χ0v) is 28.7. The number of carbonyl (C=O) groups excluding carboxylic acids is 2. The van der Waals surface area contributed by atoms with E-state index in [1.165, 1.54) is 16.4 Å². The quantitative estimate of drug-likeness (QED) is 0.257. The molecule has 1 spiro atoms. The van der Waals surface area contributed by atoms with E-state index in [0.29, 0.717) is 48.2 Å². The third kappa shape index (κ3) is 8.41. The Morgan fingerprint density at radius 3 is 2.29 bits per heavy atom. The van der Waals surface area contributed by atoms with Crippen molar-refractivity contribution in [2.24, 2.45) is 4.99 Å². The predicted molar refractivity (Wildman–Crippen MR) is 175 cm³/mol. The molecular weight excluding hydrogens is 706 g/mol. The maximum atomic E-state index is 14.4. The largest absolute Gasteiger partial charge is 0.490 e. The van der Waals surface area contributed by atoms with Gasteiger partial charge >= 0.3 is 12.1 Å². The van der Waals surface area contributed by atoms with Crippen molar-refractivity contribution in [3.8, 4) is 5.75 Å². The molecule has 2 aromatic carbocycles. The van der Waals surface area contributed by atoms with Gasteiger partial charge in [-0.15, -0.1) is 0 Å². The molecule has 2 saturated heterocycles. The van der Waals surface area contributed by atoms with Crippen molar-refractivity contribution in [1.82, 2.24) is 14.5 Å². The fourth-order valence-electron chi connectivity index (χ4n) is 6.33. The second kappa shape index (κ2) is 14.6. The van der Waals surface area contributed by atoms with Crippen molar-refractivity contribution in [3.05, 3.63) is 69.4 Å². The standard InChI is InChI=1S/C34H38F6N4O6S/c1-21-18-24(30(46)43-12-6-25(45)7-13-43)19-22(2)26(21)8-17-51(48,49)44-14-10-32(11-15-44)31(47)41-29(42-32)23-4-5-27(35)28(20-23)50-16-3-9-33(36,37)34(38,39)40/h4-5,8,17-20,25,45H,3,6-7,9-16H2,1-2H3,(H,41,42,47). The summed E-state index contributed by atoms with van der Waals surface area (Å²) in [6.45, 7) is 3.79. The lowest BCUT2D eigenvalue weighted by atomic mass is 9.89. The Bertz CT molecular complexity index is 1810. The number of benzene rings is 2. The Balaban J connectivity index is 1.21. The van der Waals surface area contributed by atoms with Crippen LogP contribution in [-0.4, -0.2) is 96.9 Å². The highest BCUT2D eigenvalue weighted by Crippen LogP contribution is 2.39. The molecular formula is C34H38F6N4O6S. The highest BCUT2D eigenvalue weighted by Gasteiger charge is 2.56. The molecule has 0 aromatic heterocycles. The van der Waals surface area contributed by atoms with Gasteiger partial charge in [-0.3, -0.25) is 14.6 Å². The van der Waals surface area contributed by atoms with E-state index in [9.17, 15) is 49.5 Å². The number of hydrogen-bond acceptors (Lipinski definition) is 7. The number of nitrogens with one attached hydrogen (secondary N) is 1. The summed E-state index contributed by atoms with van der Waals surface area (Å²) < 4.78 is 111. The molecule has 3 aliphatic heterocycles. The highest BCUT2D eigenvalue weighted by molar-refractivity contribution is 7.92. The van der Waals surface area contributed by atoms with Gasteiger partial charge in [0.25, 0.3) is 11.8 Å². The van der Waals surface area contributed by atoms with E-state index in [0.717, 1.165) is 17.5 Å². The van der Waals surface area contributed by atoms with Crippen LogP contribution in [-0.2, 0) is 14.8 Å². The molecule has 278 valence electrons. The number of hydrogen-bond donors (Lipinski definition) is 2. The summed E-state index contributed by atoms with van der Waals surface area (Å²) in [7, 11) is -3.93. The number of ether oxygens (including phenoxy) is 1. The Hall–Kier alpha value is -3.96. The fourth-order valence-corrected chi connectivity index (χ4v) is 7.51. The Morgan fingerprint density at radius 1 is 1.06 bits per heavy atom. The lowest BCUT2D eigenvalue weighted by Crippen LogP contribution is -2.50. The number of amidine groups is 1. The summed E-state index contributed by atoms with van der Waals surface area (Å²) in [5, 5.41) is 13.4. The van der Waals surface area contributed by atoms with Crippen molar-refractivity contribution in [1.29, 1.82) is 0 Å². The van der Waals surface area contributed by atoms with Crippen LogP contribution in [0, 0.1) is 19.7 Å². The number of aryl methyl sites for hydroxylation is 2. The van der Waals surface area contributed by atoms with Gasteiger partial charge in [0, 0.05) is 49.1 Å². The van der Waals surface area contributed by atoms with Crippen LogP contribution >= 0.6 is 0 Å². The fraction of sp³-hybridized carbons (Fsp3) is 0.500. The van der Waals surface area contributed by atoms with E-state index in [1.54, 1.807) is 30.9 Å². The van der Waals surface area contributed by atoms with Gasteiger partial charge in [-0.1, -0.05) is 0 Å². The van der Waals surface area contributed by atoms with Gasteiger partial charge in [-0.05, 0) is 99.0 Å². The van der Waals surface area contributed by atoms with Crippen LogP contribution in [0.3, 0.4) is 0 Å². The molecule has 2 fully saturated rings. The maximum absolute atomic E-state index is 14.4. The van der Waals surface area contributed by atoms with Gasteiger partial charge in [0.1, 0.15) is 11.4 Å². The Kier molecular flexibility index (Phi) is 10.9. The molecule has 0 radical (unpaired) electrons. The Labute approximate surface area is 291 Å². The minimum absolute atomic E-state index is 0.0346. The molecule has 10 nitrogen and oxygen atoms in total. The average molecular weight is 745 g/mol. The molecule has 0 saturated carbocycles. The number of sulfonamides is 1. The summed E-state index contributed by atoms with van der Waals surface area (Å²) >= 11 is 0. The molecule has 0 aliphatic carbocycles. The molecule has 3 heterocycles. The van der Waals surface area contributed by atoms with E-state index in [-0.39, 0.29) is 43.2 Å². The third-order valence-corrected chi connectivity index (χ3v) is 11.0. The zero-order chi connectivity index (χ0) is 37.4. The second-order valence-corrected chi connectivity index (χ2v) is 14.9. The van der Waals surface area contributed by atoms with Crippen molar-refractivity contribution in [2.45, 2.75) is 76.1 Å². The van der Waals surface area contributed by atoms with Crippen molar-refractivity contribution >= 4 is 33.7 Å². The summed E-state index contributed by atoms with van der Waals surface area (Å²) in [5.74, 6) is -6.83. The van der Waals surface area contributed by atoms with Gasteiger partial charge in [0.05, 0.1) is 12.7 Å². The summed E-state index contributed by atoms with van der Waals surface area (Å²) in [6, 6.07) is 6.83. The SMILES string of the molecule is Cc1cc(C(=O)N2CCC(O)CC2)cc(C)c1C=CS(=O)(=O)N1CCC2(CC1)N=C(c1ccc(F)c(OCCCC(F)(F)C(F)(F)F)c1)NC2=O. The highest BCUT2D eigenvalue weighted by atomic mass is 32.2. The number of alkyl halides is 5. The number of nitrogens with zero attached hydrogens (tertiary/aromatic N) is 3.